The lowest BCUT2D eigenvalue weighted by Crippen LogP contribution is -2.44. The van der Waals surface area contributed by atoms with Crippen molar-refractivity contribution >= 4 is 6.09 Å². The summed E-state index contributed by atoms with van der Waals surface area (Å²) in [5.74, 6) is 0. The van der Waals surface area contributed by atoms with Crippen LogP contribution in [0.5, 0.6) is 0 Å². The molecule has 1 fully saturated rings. The highest BCUT2D eigenvalue weighted by Gasteiger charge is 2.32. The summed E-state index contributed by atoms with van der Waals surface area (Å²) in [4.78, 5) is 14.1. The predicted molar refractivity (Wildman–Crippen MR) is 81.1 cm³/mol. The zero-order chi connectivity index (χ0) is 15.5. The zero-order valence-electron chi connectivity index (χ0n) is 13.4. The Kier molecular flexibility index (Phi) is 4.93. The third-order valence-corrected chi connectivity index (χ3v) is 3.71. The highest BCUT2D eigenvalue weighted by Crippen LogP contribution is 2.21. The molecule has 21 heavy (non-hydrogen) atoms. The molecule has 0 spiro atoms. The Bertz CT molecular complexity index is 451. The Morgan fingerprint density at radius 1 is 1.57 bits per heavy atom. The molecule has 5 heteroatoms. The van der Waals surface area contributed by atoms with Gasteiger partial charge in [0.15, 0.2) is 0 Å². The molecule has 2 atom stereocenters. The topological polar surface area (TPSA) is 54.7 Å². The molecule has 0 aromatic carbocycles. The van der Waals surface area contributed by atoms with Gasteiger partial charge in [-0.15, -0.1) is 0 Å². The molecule has 1 aromatic rings. The molecule has 2 heterocycles. The number of hydrogen-bond acceptors (Lipinski definition) is 4. The summed E-state index contributed by atoms with van der Waals surface area (Å²) < 4.78 is 10.6. The van der Waals surface area contributed by atoms with Gasteiger partial charge in [0.1, 0.15) is 5.60 Å². The van der Waals surface area contributed by atoms with E-state index < -0.39 is 5.60 Å². The van der Waals surface area contributed by atoms with Gasteiger partial charge in [0, 0.05) is 30.7 Å². The highest BCUT2D eigenvalue weighted by atomic mass is 16.6. The van der Waals surface area contributed by atoms with Crippen molar-refractivity contribution in [2.45, 2.75) is 58.2 Å². The molecule has 1 N–H and O–H groups in total. The van der Waals surface area contributed by atoms with E-state index in [0.29, 0.717) is 0 Å². The van der Waals surface area contributed by atoms with E-state index >= 15 is 0 Å². The summed E-state index contributed by atoms with van der Waals surface area (Å²) in [6.07, 6.45) is 5.27. The smallest absolute Gasteiger partial charge is 0.410 e. The summed E-state index contributed by atoms with van der Waals surface area (Å²) in [6, 6.07) is 2.37. The zero-order valence-corrected chi connectivity index (χ0v) is 13.4. The lowest BCUT2D eigenvalue weighted by Gasteiger charge is -2.29. The maximum atomic E-state index is 12.2. The van der Waals surface area contributed by atoms with Crippen LogP contribution in [0.15, 0.2) is 23.0 Å². The summed E-state index contributed by atoms with van der Waals surface area (Å²) in [7, 11) is 0. The molecule has 0 aliphatic carbocycles. The Morgan fingerprint density at radius 3 is 2.95 bits per heavy atom. The summed E-state index contributed by atoms with van der Waals surface area (Å²) in [5.41, 5.74) is 0.679. The number of carbonyl (C=O) groups excluding carboxylic acids is 1. The van der Waals surface area contributed by atoms with Crippen molar-refractivity contribution in [3.8, 4) is 0 Å². The second kappa shape index (κ2) is 6.52. The van der Waals surface area contributed by atoms with Crippen molar-refractivity contribution < 1.29 is 13.9 Å². The molecule has 5 nitrogen and oxygen atoms in total. The van der Waals surface area contributed by atoms with Gasteiger partial charge in [-0.2, -0.15) is 0 Å². The van der Waals surface area contributed by atoms with Crippen LogP contribution < -0.4 is 5.32 Å². The highest BCUT2D eigenvalue weighted by molar-refractivity contribution is 5.69. The van der Waals surface area contributed by atoms with Gasteiger partial charge < -0.3 is 19.4 Å². The lowest BCUT2D eigenvalue weighted by molar-refractivity contribution is 0.0225. The second-order valence-electron chi connectivity index (χ2n) is 6.66. The van der Waals surface area contributed by atoms with E-state index in [1.54, 1.807) is 12.5 Å². The fourth-order valence-electron chi connectivity index (χ4n) is 2.56. The van der Waals surface area contributed by atoms with Crippen LogP contribution in [0.2, 0.25) is 0 Å². The minimum Gasteiger partial charge on any atom is -0.472 e. The van der Waals surface area contributed by atoms with E-state index in [9.17, 15) is 4.79 Å². The average Bonchev–Trinajstić information content (AvgIpc) is 3.04. The average molecular weight is 294 g/mol. The maximum Gasteiger partial charge on any atom is 0.410 e. The minimum absolute atomic E-state index is 0.203. The van der Waals surface area contributed by atoms with Crippen LogP contribution in [0.3, 0.4) is 0 Å². The number of hydrogen-bond donors (Lipinski definition) is 1. The molecule has 1 aliphatic rings. The van der Waals surface area contributed by atoms with Crippen LogP contribution in [0.1, 0.15) is 52.1 Å². The molecule has 118 valence electrons. The molecule has 1 amide bonds. The molecule has 0 radical (unpaired) electrons. The van der Waals surface area contributed by atoms with E-state index in [1.165, 1.54) is 0 Å². The predicted octanol–water partition coefficient (Wildman–Crippen LogP) is 3.33. The summed E-state index contributed by atoms with van der Waals surface area (Å²) in [6.45, 7) is 9.34. The van der Waals surface area contributed by atoms with Crippen molar-refractivity contribution in [2.75, 3.05) is 13.1 Å². The van der Waals surface area contributed by atoms with Crippen molar-refractivity contribution in [3.05, 3.63) is 24.2 Å². The molecule has 1 saturated heterocycles. The number of nitrogens with one attached hydrogen (secondary N) is 1. The first kappa shape index (κ1) is 15.9. The van der Waals surface area contributed by atoms with Crippen molar-refractivity contribution in [2.24, 2.45) is 0 Å². The van der Waals surface area contributed by atoms with Crippen LogP contribution in [0.4, 0.5) is 4.79 Å². The molecule has 1 aliphatic heterocycles. The van der Waals surface area contributed by atoms with E-state index in [2.05, 4.69) is 12.2 Å². The Morgan fingerprint density at radius 2 is 2.33 bits per heavy atom. The third kappa shape index (κ3) is 4.49. The summed E-state index contributed by atoms with van der Waals surface area (Å²) >= 11 is 0. The Hall–Kier alpha value is -1.49. The number of rotatable bonds is 4. The van der Waals surface area contributed by atoms with Crippen molar-refractivity contribution in [1.29, 1.82) is 0 Å². The first-order chi connectivity index (χ1) is 9.87. The fourth-order valence-corrected chi connectivity index (χ4v) is 2.56. The van der Waals surface area contributed by atoms with Crippen molar-refractivity contribution in [3.63, 3.8) is 0 Å². The van der Waals surface area contributed by atoms with Gasteiger partial charge in [0.25, 0.3) is 0 Å². The SMILES string of the molecule is CC(NCC1CCCN1C(=O)OC(C)(C)C)c1ccoc1. The monoisotopic (exact) mass is 294 g/mol. The molecule has 0 saturated carbocycles. The Balaban J connectivity index is 1.86. The normalized spacial score (nSPS) is 20.6. The first-order valence-electron chi connectivity index (χ1n) is 7.62. The van der Waals surface area contributed by atoms with E-state index in [0.717, 1.165) is 31.5 Å². The quantitative estimate of drug-likeness (QED) is 0.925. The maximum absolute atomic E-state index is 12.2. The van der Waals surface area contributed by atoms with E-state index in [1.807, 2.05) is 31.7 Å². The largest absolute Gasteiger partial charge is 0.472 e. The molecule has 2 rings (SSSR count). The second-order valence-corrected chi connectivity index (χ2v) is 6.66. The van der Waals surface area contributed by atoms with Crippen LogP contribution in [0.25, 0.3) is 0 Å². The van der Waals surface area contributed by atoms with Gasteiger partial charge in [-0.05, 0) is 46.6 Å². The molecular formula is C16H26N2O3. The third-order valence-electron chi connectivity index (χ3n) is 3.71. The molecular weight excluding hydrogens is 268 g/mol. The molecule has 2 unspecified atom stereocenters. The number of nitrogens with zero attached hydrogens (tertiary/aromatic N) is 1. The Labute approximate surface area is 126 Å². The van der Waals surface area contributed by atoms with Gasteiger partial charge in [0.2, 0.25) is 0 Å². The van der Waals surface area contributed by atoms with Gasteiger partial charge >= 0.3 is 6.09 Å². The molecule has 1 aromatic heterocycles. The van der Waals surface area contributed by atoms with Gasteiger partial charge in [-0.1, -0.05) is 0 Å². The van der Waals surface area contributed by atoms with Crippen LogP contribution >= 0.6 is 0 Å². The number of ether oxygens (including phenoxy) is 1. The minimum atomic E-state index is -0.443. The van der Waals surface area contributed by atoms with Gasteiger partial charge in [-0.25, -0.2) is 4.79 Å². The standard InChI is InChI=1S/C16H26N2O3/c1-12(13-7-9-20-11-13)17-10-14-6-5-8-18(14)15(19)21-16(2,3)4/h7,9,11-12,14,17H,5-6,8,10H2,1-4H3. The first-order valence-corrected chi connectivity index (χ1v) is 7.62. The van der Waals surface area contributed by atoms with Gasteiger partial charge in [-0.3, -0.25) is 0 Å². The number of likely N-dealkylation sites (tertiary alicyclic amines) is 1. The number of amides is 1. The van der Waals surface area contributed by atoms with Crippen molar-refractivity contribution in [1.82, 2.24) is 10.2 Å². The summed E-state index contributed by atoms with van der Waals surface area (Å²) in [5, 5.41) is 3.47. The lowest BCUT2D eigenvalue weighted by atomic mass is 10.1. The van der Waals surface area contributed by atoms with Gasteiger partial charge in [0.05, 0.1) is 12.5 Å². The fraction of sp³-hybridized carbons (Fsp3) is 0.688. The van der Waals surface area contributed by atoms with Crippen LogP contribution in [0, 0.1) is 0 Å². The van der Waals surface area contributed by atoms with E-state index in [4.69, 9.17) is 9.15 Å². The van der Waals surface area contributed by atoms with E-state index in [-0.39, 0.29) is 18.2 Å². The number of carbonyl (C=O) groups is 1. The van der Waals surface area contributed by atoms with Crippen LogP contribution in [-0.2, 0) is 4.74 Å². The molecule has 0 bridgehead atoms. The van der Waals surface area contributed by atoms with Crippen LogP contribution in [-0.4, -0.2) is 35.7 Å². The number of furan rings is 1.